The molecule has 0 aliphatic carbocycles. The molecule has 10 heteroatoms. The van der Waals surface area contributed by atoms with Crippen molar-refractivity contribution in [1.82, 2.24) is 19.8 Å². The molecule has 2 aromatic heterocycles. The molecule has 2 aliphatic rings. The van der Waals surface area contributed by atoms with Gasteiger partial charge in [0.1, 0.15) is 11.6 Å². The molecule has 0 saturated carbocycles. The van der Waals surface area contributed by atoms with Crippen molar-refractivity contribution in [3.63, 3.8) is 0 Å². The predicted molar refractivity (Wildman–Crippen MR) is 93.9 cm³/mol. The number of aromatic nitrogens is 3. The molecule has 28 heavy (non-hydrogen) atoms. The van der Waals surface area contributed by atoms with E-state index in [1.54, 1.807) is 24.0 Å². The number of aryl methyl sites for hydroxylation is 1. The van der Waals surface area contributed by atoms with Gasteiger partial charge in [0.2, 0.25) is 0 Å². The number of alkyl halides is 3. The highest BCUT2D eigenvalue weighted by atomic mass is 19.4. The fourth-order valence-electron chi connectivity index (χ4n) is 3.98. The lowest BCUT2D eigenvalue weighted by Gasteiger charge is -2.31. The van der Waals surface area contributed by atoms with Gasteiger partial charge in [0.05, 0.1) is 11.7 Å². The number of rotatable bonds is 3. The van der Waals surface area contributed by atoms with E-state index in [9.17, 15) is 18.0 Å². The van der Waals surface area contributed by atoms with Crippen molar-refractivity contribution < 1.29 is 22.5 Å². The highest BCUT2D eigenvalue weighted by Gasteiger charge is 2.46. The van der Waals surface area contributed by atoms with Gasteiger partial charge in [-0.3, -0.25) is 4.79 Å². The van der Waals surface area contributed by atoms with Gasteiger partial charge in [-0.05, 0) is 26.2 Å². The average Bonchev–Trinajstić information content (AvgIpc) is 3.37. The monoisotopic (exact) mass is 397 g/mol. The van der Waals surface area contributed by atoms with Gasteiger partial charge in [-0.2, -0.15) is 18.3 Å². The molecule has 1 N–H and O–H groups in total. The third-order valence-electron chi connectivity index (χ3n) is 5.38. The summed E-state index contributed by atoms with van der Waals surface area (Å²) in [7, 11) is 0. The minimum absolute atomic E-state index is 0.0797. The van der Waals surface area contributed by atoms with E-state index >= 15 is 0 Å². The van der Waals surface area contributed by atoms with Crippen LogP contribution in [0.2, 0.25) is 0 Å². The lowest BCUT2D eigenvalue weighted by Crippen LogP contribution is -2.38. The van der Waals surface area contributed by atoms with Crippen LogP contribution in [0.25, 0.3) is 0 Å². The van der Waals surface area contributed by atoms with Crippen molar-refractivity contribution in [3.05, 3.63) is 29.3 Å². The van der Waals surface area contributed by atoms with Crippen LogP contribution in [-0.4, -0.2) is 44.5 Å². The summed E-state index contributed by atoms with van der Waals surface area (Å²) in [4.78, 5) is 14.5. The highest BCUT2D eigenvalue weighted by Crippen LogP contribution is 2.41. The second-order valence-corrected chi connectivity index (χ2v) is 7.43. The van der Waals surface area contributed by atoms with E-state index in [1.165, 1.54) is 0 Å². The van der Waals surface area contributed by atoms with E-state index in [2.05, 4.69) is 15.6 Å². The summed E-state index contributed by atoms with van der Waals surface area (Å²) in [5, 5.41) is 11.1. The minimum Gasteiger partial charge on any atom is -0.368 e. The van der Waals surface area contributed by atoms with Gasteiger partial charge in [0.15, 0.2) is 11.7 Å². The standard InChI is InChI=1S/C18H22F3N5O2/c1-3-11-8-13(24-28-11)17(27)25-6-4-5-14(25)12-9-16-22-10(2)7-15(18(19,20)21)26(16)23-12/h8-10,14-15,22H,3-7H2,1-2H3/t10-,14?,15-/m1/s1. The molecule has 3 atom stereocenters. The number of hydrogen-bond donors (Lipinski definition) is 1. The van der Waals surface area contributed by atoms with Crippen molar-refractivity contribution in [2.24, 2.45) is 0 Å². The lowest BCUT2D eigenvalue weighted by atomic mass is 10.1. The van der Waals surface area contributed by atoms with Gasteiger partial charge in [0, 0.05) is 31.1 Å². The molecule has 1 fully saturated rings. The van der Waals surface area contributed by atoms with Crippen LogP contribution in [0, 0.1) is 0 Å². The summed E-state index contributed by atoms with van der Waals surface area (Å²) in [5.74, 6) is 0.665. The molecular formula is C18H22F3N5O2. The van der Waals surface area contributed by atoms with Crippen LogP contribution in [0.1, 0.15) is 67.1 Å². The highest BCUT2D eigenvalue weighted by molar-refractivity contribution is 5.92. The number of likely N-dealkylation sites (tertiary alicyclic amines) is 1. The van der Waals surface area contributed by atoms with E-state index in [1.807, 2.05) is 6.92 Å². The molecule has 4 rings (SSSR count). The van der Waals surface area contributed by atoms with Crippen LogP contribution < -0.4 is 5.32 Å². The van der Waals surface area contributed by atoms with Crippen molar-refractivity contribution in [2.75, 3.05) is 11.9 Å². The third kappa shape index (κ3) is 3.24. The summed E-state index contributed by atoms with van der Waals surface area (Å²) in [5.41, 5.74) is 0.684. The van der Waals surface area contributed by atoms with Crippen molar-refractivity contribution in [1.29, 1.82) is 0 Å². The van der Waals surface area contributed by atoms with Crippen LogP contribution >= 0.6 is 0 Å². The van der Waals surface area contributed by atoms with Crippen molar-refractivity contribution in [3.8, 4) is 0 Å². The molecule has 7 nitrogen and oxygen atoms in total. The van der Waals surface area contributed by atoms with E-state index in [4.69, 9.17) is 4.52 Å². The maximum Gasteiger partial charge on any atom is 0.410 e. The largest absolute Gasteiger partial charge is 0.410 e. The summed E-state index contributed by atoms with van der Waals surface area (Å²) >= 11 is 0. The van der Waals surface area contributed by atoms with Crippen molar-refractivity contribution >= 4 is 11.7 Å². The van der Waals surface area contributed by atoms with Crippen LogP contribution in [-0.2, 0) is 6.42 Å². The Kier molecular flexibility index (Phi) is 4.59. The van der Waals surface area contributed by atoms with Crippen molar-refractivity contribution in [2.45, 2.75) is 63.8 Å². The summed E-state index contributed by atoms with van der Waals surface area (Å²) in [6.45, 7) is 4.12. The molecule has 0 spiro atoms. The van der Waals surface area contributed by atoms with Crippen LogP contribution in [0.3, 0.4) is 0 Å². The first-order valence-electron chi connectivity index (χ1n) is 9.47. The molecule has 0 aromatic carbocycles. The summed E-state index contributed by atoms with van der Waals surface area (Å²) < 4.78 is 46.5. The number of fused-ring (bicyclic) bond motifs is 1. The number of carbonyl (C=O) groups excluding carboxylic acids is 1. The predicted octanol–water partition coefficient (Wildman–Crippen LogP) is 3.72. The first-order valence-corrected chi connectivity index (χ1v) is 9.47. The fraction of sp³-hybridized carbons (Fsp3) is 0.611. The third-order valence-corrected chi connectivity index (χ3v) is 5.38. The smallest absolute Gasteiger partial charge is 0.368 e. The van der Waals surface area contributed by atoms with Gasteiger partial charge in [-0.15, -0.1) is 0 Å². The second kappa shape index (κ2) is 6.82. The molecule has 1 saturated heterocycles. The van der Waals surface area contributed by atoms with E-state index < -0.39 is 12.2 Å². The van der Waals surface area contributed by atoms with Gasteiger partial charge in [0.25, 0.3) is 5.91 Å². The van der Waals surface area contributed by atoms with E-state index in [0.717, 1.165) is 11.1 Å². The Morgan fingerprint density at radius 2 is 2.18 bits per heavy atom. The van der Waals surface area contributed by atoms with Gasteiger partial charge >= 0.3 is 6.18 Å². The second-order valence-electron chi connectivity index (χ2n) is 7.43. The van der Waals surface area contributed by atoms with E-state index in [0.29, 0.717) is 36.7 Å². The number of nitrogens with one attached hydrogen (secondary N) is 1. The number of carbonyl (C=O) groups is 1. The van der Waals surface area contributed by atoms with Crippen LogP contribution in [0.4, 0.5) is 19.0 Å². The number of hydrogen-bond acceptors (Lipinski definition) is 5. The minimum atomic E-state index is -4.38. The first kappa shape index (κ1) is 18.8. The topological polar surface area (TPSA) is 76.2 Å². The van der Waals surface area contributed by atoms with Gasteiger partial charge in [-0.25, -0.2) is 4.68 Å². The molecule has 0 radical (unpaired) electrons. The van der Waals surface area contributed by atoms with Gasteiger partial charge < -0.3 is 14.7 Å². The number of nitrogens with zero attached hydrogens (tertiary/aromatic N) is 4. The first-order chi connectivity index (χ1) is 13.3. The Balaban J connectivity index is 1.63. The van der Waals surface area contributed by atoms with Crippen LogP contribution in [0.5, 0.6) is 0 Å². The lowest BCUT2D eigenvalue weighted by molar-refractivity contribution is -0.173. The van der Waals surface area contributed by atoms with Gasteiger partial charge in [-0.1, -0.05) is 12.1 Å². The Morgan fingerprint density at radius 3 is 2.86 bits per heavy atom. The normalized spacial score (nSPS) is 24.9. The molecule has 2 aliphatic heterocycles. The van der Waals surface area contributed by atoms with E-state index in [-0.39, 0.29) is 30.1 Å². The molecule has 152 valence electrons. The Morgan fingerprint density at radius 1 is 1.39 bits per heavy atom. The molecule has 2 aromatic rings. The molecule has 4 heterocycles. The van der Waals surface area contributed by atoms with Crippen LogP contribution in [0.15, 0.2) is 16.7 Å². The fourth-order valence-corrected chi connectivity index (χ4v) is 3.98. The Bertz CT molecular complexity index is 875. The maximum atomic E-state index is 13.5. The maximum absolute atomic E-state index is 13.5. The summed E-state index contributed by atoms with van der Waals surface area (Å²) in [6, 6.07) is 0.885. The Hall–Kier alpha value is -2.52. The molecule has 0 bridgehead atoms. The zero-order valence-corrected chi connectivity index (χ0v) is 15.7. The zero-order valence-electron chi connectivity index (χ0n) is 15.7. The Labute approximate surface area is 159 Å². The number of halogens is 3. The quantitative estimate of drug-likeness (QED) is 0.854. The average molecular weight is 397 g/mol. The summed E-state index contributed by atoms with van der Waals surface area (Å²) in [6.07, 6.45) is -2.43. The SMILES string of the molecule is CCc1cc(C(=O)N2CCCC2c2cc3n(n2)[C@@H](C(F)(F)F)C[C@@H](C)N3)no1. The number of anilines is 1. The molecular weight excluding hydrogens is 375 g/mol. The molecule has 1 unspecified atom stereocenters. The zero-order chi connectivity index (χ0) is 20.1. The number of amides is 1. The molecule has 1 amide bonds.